The van der Waals surface area contributed by atoms with Gasteiger partial charge >= 0.3 is 0 Å². The molecule has 0 bridgehead atoms. The summed E-state index contributed by atoms with van der Waals surface area (Å²) >= 11 is 0. The van der Waals surface area contributed by atoms with Gasteiger partial charge in [-0.3, -0.25) is 4.68 Å². The Morgan fingerprint density at radius 3 is 2.76 bits per heavy atom. The van der Waals surface area contributed by atoms with Gasteiger partial charge in [0.05, 0.1) is 11.1 Å². The third-order valence-corrected chi connectivity index (χ3v) is 4.21. The molecular formula is C16H17N5. The Bertz CT molecular complexity index is 821. The molecular weight excluding hydrogens is 262 g/mol. The molecule has 3 heterocycles. The first kappa shape index (κ1) is 12.3. The summed E-state index contributed by atoms with van der Waals surface area (Å²) in [5.41, 5.74) is 4.72. The largest absolute Gasteiger partial charge is 0.351 e. The second-order valence-electron chi connectivity index (χ2n) is 5.55. The number of anilines is 1. The normalized spacial score (nSPS) is 14.5. The van der Waals surface area contributed by atoms with Crippen LogP contribution in [0.3, 0.4) is 0 Å². The van der Waals surface area contributed by atoms with E-state index in [9.17, 15) is 0 Å². The average molecular weight is 279 g/mol. The van der Waals surface area contributed by atoms with E-state index in [1.165, 1.54) is 11.1 Å². The van der Waals surface area contributed by atoms with Crippen molar-refractivity contribution in [3.05, 3.63) is 47.4 Å². The van der Waals surface area contributed by atoms with Crippen molar-refractivity contribution in [3.8, 4) is 0 Å². The number of rotatable bonds is 1. The molecule has 0 radical (unpaired) electrons. The van der Waals surface area contributed by atoms with Crippen molar-refractivity contribution in [2.75, 3.05) is 11.4 Å². The molecule has 5 nitrogen and oxygen atoms in total. The summed E-state index contributed by atoms with van der Waals surface area (Å²) < 4.78 is 1.83. The van der Waals surface area contributed by atoms with Crippen molar-refractivity contribution in [1.29, 1.82) is 0 Å². The fraction of sp³-hybridized carbons (Fsp3) is 0.312. The molecule has 0 aliphatic carbocycles. The zero-order chi connectivity index (χ0) is 14.4. The van der Waals surface area contributed by atoms with E-state index in [1.54, 1.807) is 6.33 Å². The monoisotopic (exact) mass is 279 g/mol. The predicted molar refractivity (Wildman–Crippen MR) is 82.2 cm³/mol. The van der Waals surface area contributed by atoms with Gasteiger partial charge in [-0.05, 0) is 24.5 Å². The lowest BCUT2D eigenvalue weighted by Gasteiger charge is -2.30. The van der Waals surface area contributed by atoms with Crippen molar-refractivity contribution in [1.82, 2.24) is 19.7 Å². The van der Waals surface area contributed by atoms with Gasteiger partial charge in [0.25, 0.3) is 0 Å². The lowest BCUT2D eigenvalue weighted by molar-refractivity contribution is 0.722. The van der Waals surface area contributed by atoms with Crippen molar-refractivity contribution < 1.29 is 0 Å². The van der Waals surface area contributed by atoms with Crippen LogP contribution in [0.25, 0.3) is 11.0 Å². The zero-order valence-corrected chi connectivity index (χ0v) is 12.2. The number of hydrogen-bond donors (Lipinski definition) is 0. The molecule has 0 amide bonds. The predicted octanol–water partition coefficient (Wildman–Crippen LogP) is 2.23. The van der Waals surface area contributed by atoms with Gasteiger partial charge in [0.1, 0.15) is 12.1 Å². The average Bonchev–Trinajstić information content (AvgIpc) is 2.82. The summed E-state index contributed by atoms with van der Waals surface area (Å²) in [4.78, 5) is 11.2. The fourth-order valence-electron chi connectivity index (χ4n) is 3.17. The lowest BCUT2D eigenvalue weighted by Crippen LogP contribution is -2.31. The summed E-state index contributed by atoms with van der Waals surface area (Å²) in [5, 5.41) is 5.55. The molecule has 4 rings (SSSR count). The highest BCUT2D eigenvalue weighted by atomic mass is 15.3. The molecule has 21 heavy (non-hydrogen) atoms. The molecule has 1 aliphatic heterocycles. The van der Waals surface area contributed by atoms with Crippen LogP contribution in [0.1, 0.15) is 16.8 Å². The van der Waals surface area contributed by atoms with Gasteiger partial charge in [-0.15, -0.1) is 0 Å². The van der Waals surface area contributed by atoms with E-state index in [2.05, 4.69) is 44.2 Å². The highest BCUT2D eigenvalue weighted by molar-refractivity contribution is 5.89. The minimum atomic E-state index is 0.899. The third-order valence-electron chi connectivity index (χ3n) is 4.21. The molecule has 1 aliphatic rings. The van der Waals surface area contributed by atoms with Crippen molar-refractivity contribution in [2.24, 2.45) is 7.05 Å². The minimum absolute atomic E-state index is 0.899. The lowest BCUT2D eigenvalue weighted by atomic mass is 10.00. The highest BCUT2D eigenvalue weighted by Gasteiger charge is 2.21. The van der Waals surface area contributed by atoms with Gasteiger partial charge in [-0.25, -0.2) is 9.97 Å². The molecule has 0 saturated carbocycles. The van der Waals surface area contributed by atoms with E-state index in [-0.39, 0.29) is 0 Å². The Kier molecular flexibility index (Phi) is 2.67. The van der Waals surface area contributed by atoms with E-state index in [4.69, 9.17) is 0 Å². The molecule has 3 aromatic rings. The van der Waals surface area contributed by atoms with Crippen LogP contribution in [0.5, 0.6) is 0 Å². The second kappa shape index (κ2) is 4.55. The van der Waals surface area contributed by atoms with Crippen LogP contribution in [0, 0.1) is 6.92 Å². The van der Waals surface area contributed by atoms with Gasteiger partial charge in [-0.1, -0.05) is 24.3 Å². The smallest absolute Gasteiger partial charge is 0.163 e. The number of nitrogens with zero attached hydrogens (tertiary/aromatic N) is 5. The van der Waals surface area contributed by atoms with Crippen LogP contribution >= 0.6 is 0 Å². The molecule has 0 spiro atoms. The number of hydrogen-bond acceptors (Lipinski definition) is 4. The Labute approximate surface area is 123 Å². The van der Waals surface area contributed by atoms with Gasteiger partial charge in [-0.2, -0.15) is 5.10 Å². The van der Waals surface area contributed by atoms with Crippen LogP contribution in [0.2, 0.25) is 0 Å². The van der Waals surface area contributed by atoms with E-state index < -0.39 is 0 Å². The van der Waals surface area contributed by atoms with Crippen LogP contribution < -0.4 is 4.90 Å². The Hall–Kier alpha value is -2.43. The molecule has 0 unspecified atom stereocenters. The van der Waals surface area contributed by atoms with E-state index in [1.807, 2.05) is 18.7 Å². The maximum Gasteiger partial charge on any atom is 0.163 e. The molecule has 106 valence electrons. The molecule has 0 saturated heterocycles. The molecule has 2 aromatic heterocycles. The minimum Gasteiger partial charge on any atom is -0.351 e. The second-order valence-corrected chi connectivity index (χ2v) is 5.55. The van der Waals surface area contributed by atoms with E-state index in [0.29, 0.717) is 0 Å². The maximum atomic E-state index is 4.54. The van der Waals surface area contributed by atoms with Crippen LogP contribution in [-0.4, -0.2) is 26.3 Å². The molecule has 0 N–H and O–H groups in total. The Balaban J connectivity index is 1.82. The molecule has 0 fully saturated rings. The van der Waals surface area contributed by atoms with Crippen molar-refractivity contribution in [2.45, 2.75) is 19.9 Å². The number of aryl methyl sites for hydroxylation is 2. The van der Waals surface area contributed by atoms with Gasteiger partial charge in [0.15, 0.2) is 5.65 Å². The fourth-order valence-corrected chi connectivity index (χ4v) is 3.17. The highest BCUT2D eigenvalue weighted by Crippen LogP contribution is 2.29. The zero-order valence-electron chi connectivity index (χ0n) is 12.2. The quantitative estimate of drug-likeness (QED) is 0.685. The first-order valence-electron chi connectivity index (χ1n) is 7.20. The third kappa shape index (κ3) is 1.88. The van der Waals surface area contributed by atoms with E-state index >= 15 is 0 Å². The van der Waals surface area contributed by atoms with Crippen LogP contribution in [0.4, 0.5) is 5.82 Å². The summed E-state index contributed by atoms with van der Waals surface area (Å²) in [6.45, 7) is 3.90. The topological polar surface area (TPSA) is 46.8 Å². The molecule has 1 aromatic carbocycles. The number of fused-ring (bicyclic) bond motifs is 2. The number of aromatic nitrogens is 4. The SMILES string of the molecule is Cc1nn(C)c2ncnc(N3CCc4ccccc4C3)c12. The number of benzene rings is 1. The maximum absolute atomic E-state index is 4.54. The summed E-state index contributed by atoms with van der Waals surface area (Å²) in [6, 6.07) is 8.64. The van der Waals surface area contributed by atoms with E-state index in [0.717, 1.165) is 42.1 Å². The van der Waals surface area contributed by atoms with Crippen molar-refractivity contribution >= 4 is 16.9 Å². The Morgan fingerprint density at radius 1 is 1.10 bits per heavy atom. The first-order valence-corrected chi connectivity index (χ1v) is 7.20. The summed E-state index contributed by atoms with van der Waals surface area (Å²) in [6.07, 6.45) is 2.69. The standard InChI is InChI=1S/C16H17N5/c1-11-14-15(20(2)19-11)17-10-18-16(14)21-8-7-12-5-3-4-6-13(12)9-21/h3-6,10H,7-9H2,1-2H3. The van der Waals surface area contributed by atoms with Crippen molar-refractivity contribution in [3.63, 3.8) is 0 Å². The summed E-state index contributed by atoms with van der Waals surface area (Å²) in [5.74, 6) is 1.00. The first-order chi connectivity index (χ1) is 10.2. The summed E-state index contributed by atoms with van der Waals surface area (Å²) in [7, 11) is 1.93. The van der Waals surface area contributed by atoms with Crippen LogP contribution in [-0.2, 0) is 20.0 Å². The molecule has 0 atom stereocenters. The van der Waals surface area contributed by atoms with Gasteiger partial charge < -0.3 is 4.90 Å². The van der Waals surface area contributed by atoms with Gasteiger partial charge in [0, 0.05) is 20.1 Å². The van der Waals surface area contributed by atoms with Crippen LogP contribution in [0.15, 0.2) is 30.6 Å². The Morgan fingerprint density at radius 2 is 1.90 bits per heavy atom. The molecule has 5 heteroatoms. The van der Waals surface area contributed by atoms with Gasteiger partial charge in [0.2, 0.25) is 0 Å².